The molecule has 0 unspecified atom stereocenters. The third-order valence-corrected chi connectivity index (χ3v) is 2.85. The monoisotopic (exact) mass is 294 g/mol. The van der Waals surface area contributed by atoms with Crippen molar-refractivity contribution in [3.8, 4) is 11.1 Å². The number of aromatic nitrogens is 2. The molecule has 0 aliphatic rings. The van der Waals surface area contributed by atoms with E-state index in [4.69, 9.17) is 5.73 Å². The van der Waals surface area contributed by atoms with E-state index in [1.165, 1.54) is 0 Å². The van der Waals surface area contributed by atoms with Crippen molar-refractivity contribution < 1.29 is 4.79 Å². The van der Waals surface area contributed by atoms with Crippen LogP contribution in [0.2, 0.25) is 0 Å². The summed E-state index contributed by atoms with van der Waals surface area (Å²) in [6.07, 6.45) is 3.78. The number of nitrogens with two attached hydrogens (primary N) is 1. The lowest BCUT2D eigenvalue weighted by molar-refractivity contribution is -0.122. The van der Waals surface area contributed by atoms with Crippen LogP contribution in [0.1, 0.15) is 12.5 Å². The first kappa shape index (κ1) is 16.2. The summed E-state index contributed by atoms with van der Waals surface area (Å²) in [5, 5.41) is 6.95. The Balaban J connectivity index is 0.00000200. The summed E-state index contributed by atoms with van der Waals surface area (Å²) in [5.74, 6) is -0.146. The lowest BCUT2D eigenvalue weighted by Gasteiger charge is -2.08. The fourth-order valence-electron chi connectivity index (χ4n) is 1.78. The third-order valence-electron chi connectivity index (χ3n) is 2.85. The van der Waals surface area contributed by atoms with Gasteiger partial charge in [-0.1, -0.05) is 18.2 Å². The molecule has 0 aliphatic carbocycles. The van der Waals surface area contributed by atoms with Crippen LogP contribution < -0.4 is 11.1 Å². The van der Waals surface area contributed by atoms with Crippen LogP contribution >= 0.6 is 12.4 Å². The molecule has 0 saturated carbocycles. The molecule has 1 aromatic carbocycles. The van der Waals surface area contributed by atoms with Crippen molar-refractivity contribution >= 4 is 18.3 Å². The van der Waals surface area contributed by atoms with Crippen molar-refractivity contribution in [1.29, 1.82) is 0 Å². The Kier molecular flexibility index (Phi) is 5.73. The van der Waals surface area contributed by atoms with Gasteiger partial charge in [0.1, 0.15) is 0 Å². The van der Waals surface area contributed by atoms with E-state index < -0.39 is 6.04 Å². The van der Waals surface area contributed by atoms with Crippen LogP contribution in [0, 0.1) is 0 Å². The second kappa shape index (κ2) is 7.07. The number of benzene rings is 1. The zero-order chi connectivity index (χ0) is 13.8. The Hall–Kier alpha value is -1.85. The maximum absolute atomic E-state index is 11.4. The molecule has 1 heterocycles. The minimum atomic E-state index is -0.485. The van der Waals surface area contributed by atoms with Gasteiger partial charge < -0.3 is 11.1 Å². The van der Waals surface area contributed by atoms with E-state index in [9.17, 15) is 4.79 Å². The lowest BCUT2D eigenvalue weighted by atomic mass is 10.1. The first-order valence-electron chi connectivity index (χ1n) is 6.17. The number of nitrogens with one attached hydrogen (secondary N) is 1. The zero-order valence-electron chi connectivity index (χ0n) is 11.5. The van der Waals surface area contributed by atoms with Gasteiger partial charge in [0.2, 0.25) is 5.91 Å². The molecule has 1 amide bonds. The Morgan fingerprint density at radius 1 is 1.45 bits per heavy atom. The Bertz CT molecular complexity index is 580. The van der Waals surface area contributed by atoms with Crippen molar-refractivity contribution in [3.05, 3.63) is 42.2 Å². The standard InChI is InChI=1S/C14H18N4O.ClH/c1-10(15)14(19)16-7-11-4-3-5-12(6-11)13-8-17-18(2)9-13;/h3-6,8-10H,7,15H2,1-2H3,(H,16,19);1H/t10-;/m1./s1. The molecule has 0 radical (unpaired) electrons. The summed E-state index contributed by atoms with van der Waals surface area (Å²) < 4.78 is 1.76. The van der Waals surface area contributed by atoms with Crippen LogP contribution in [0.25, 0.3) is 11.1 Å². The van der Waals surface area contributed by atoms with Crippen molar-refractivity contribution in [3.63, 3.8) is 0 Å². The van der Waals surface area contributed by atoms with Gasteiger partial charge >= 0.3 is 0 Å². The van der Waals surface area contributed by atoms with E-state index in [1.54, 1.807) is 11.6 Å². The van der Waals surface area contributed by atoms with Gasteiger partial charge in [-0.05, 0) is 24.1 Å². The molecular formula is C14H19ClN4O. The van der Waals surface area contributed by atoms with Crippen molar-refractivity contribution in [1.82, 2.24) is 15.1 Å². The number of nitrogens with zero attached hydrogens (tertiary/aromatic N) is 2. The quantitative estimate of drug-likeness (QED) is 0.897. The predicted octanol–water partition coefficient (Wildman–Crippen LogP) is 1.47. The molecule has 5 nitrogen and oxygen atoms in total. The number of amides is 1. The SMILES string of the molecule is C[C@@H](N)C(=O)NCc1cccc(-c2cnn(C)c2)c1.Cl. The van der Waals surface area contributed by atoms with E-state index in [2.05, 4.69) is 10.4 Å². The first-order valence-corrected chi connectivity index (χ1v) is 6.17. The molecule has 2 rings (SSSR count). The van der Waals surface area contributed by atoms with Crippen LogP contribution in [0.4, 0.5) is 0 Å². The molecular weight excluding hydrogens is 276 g/mol. The molecule has 0 fully saturated rings. The lowest BCUT2D eigenvalue weighted by Crippen LogP contribution is -2.37. The van der Waals surface area contributed by atoms with Crippen LogP contribution in [-0.2, 0) is 18.4 Å². The fourth-order valence-corrected chi connectivity index (χ4v) is 1.78. The Labute approximate surface area is 124 Å². The number of rotatable bonds is 4. The van der Waals surface area contributed by atoms with Gasteiger partial charge in [-0.15, -0.1) is 12.4 Å². The minimum absolute atomic E-state index is 0. The highest BCUT2D eigenvalue weighted by atomic mass is 35.5. The largest absolute Gasteiger partial charge is 0.351 e. The van der Waals surface area contributed by atoms with Crippen LogP contribution in [0.3, 0.4) is 0 Å². The normalized spacial score (nSPS) is 11.6. The van der Waals surface area contributed by atoms with E-state index in [1.807, 2.05) is 43.7 Å². The van der Waals surface area contributed by atoms with Crippen LogP contribution in [0.5, 0.6) is 0 Å². The third kappa shape index (κ3) is 4.08. The van der Waals surface area contributed by atoms with Gasteiger partial charge in [-0.25, -0.2) is 0 Å². The van der Waals surface area contributed by atoms with E-state index >= 15 is 0 Å². The summed E-state index contributed by atoms with van der Waals surface area (Å²) in [6.45, 7) is 2.15. The van der Waals surface area contributed by atoms with Gasteiger partial charge in [0.05, 0.1) is 12.2 Å². The minimum Gasteiger partial charge on any atom is -0.351 e. The molecule has 3 N–H and O–H groups in total. The summed E-state index contributed by atoms with van der Waals surface area (Å²) in [4.78, 5) is 11.4. The fraction of sp³-hybridized carbons (Fsp3) is 0.286. The highest BCUT2D eigenvalue weighted by Gasteiger charge is 2.07. The molecule has 1 aromatic heterocycles. The smallest absolute Gasteiger partial charge is 0.236 e. The molecule has 20 heavy (non-hydrogen) atoms. The highest BCUT2D eigenvalue weighted by molar-refractivity contribution is 5.85. The molecule has 108 valence electrons. The van der Waals surface area contributed by atoms with Gasteiger partial charge in [0, 0.05) is 25.4 Å². The van der Waals surface area contributed by atoms with Crippen molar-refractivity contribution in [2.45, 2.75) is 19.5 Å². The molecule has 2 aromatic rings. The average molecular weight is 295 g/mol. The molecule has 1 atom stereocenters. The molecule has 6 heteroatoms. The molecule has 0 saturated heterocycles. The summed E-state index contributed by atoms with van der Waals surface area (Å²) >= 11 is 0. The van der Waals surface area contributed by atoms with Gasteiger partial charge in [0.25, 0.3) is 0 Å². The Morgan fingerprint density at radius 3 is 2.80 bits per heavy atom. The number of hydrogen-bond acceptors (Lipinski definition) is 3. The Morgan fingerprint density at radius 2 is 2.20 bits per heavy atom. The number of carbonyl (C=O) groups is 1. The van der Waals surface area contributed by atoms with Crippen molar-refractivity contribution in [2.24, 2.45) is 12.8 Å². The van der Waals surface area contributed by atoms with Gasteiger partial charge in [0.15, 0.2) is 0 Å². The number of carbonyl (C=O) groups excluding carboxylic acids is 1. The maximum Gasteiger partial charge on any atom is 0.236 e. The second-order valence-corrected chi connectivity index (χ2v) is 4.61. The summed E-state index contributed by atoms with van der Waals surface area (Å²) in [6, 6.07) is 7.52. The second-order valence-electron chi connectivity index (χ2n) is 4.61. The van der Waals surface area contributed by atoms with Crippen molar-refractivity contribution in [2.75, 3.05) is 0 Å². The van der Waals surface area contributed by atoms with Crippen LogP contribution in [-0.4, -0.2) is 21.7 Å². The molecule has 0 aliphatic heterocycles. The van der Waals surface area contributed by atoms with Gasteiger partial charge in [-0.2, -0.15) is 5.10 Å². The number of hydrogen-bond donors (Lipinski definition) is 2. The summed E-state index contributed by atoms with van der Waals surface area (Å²) in [5.41, 5.74) is 8.68. The van der Waals surface area contributed by atoms with Crippen LogP contribution in [0.15, 0.2) is 36.7 Å². The average Bonchev–Trinajstić information content (AvgIpc) is 2.83. The highest BCUT2D eigenvalue weighted by Crippen LogP contribution is 2.19. The summed E-state index contributed by atoms with van der Waals surface area (Å²) in [7, 11) is 1.89. The van der Waals surface area contributed by atoms with E-state index in [0.717, 1.165) is 16.7 Å². The molecule has 0 spiro atoms. The number of aryl methyl sites for hydroxylation is 1. The first-order chi connectivity index (χ1) is 9.06. The van der Waals surface area contributed by atoms with E-state index in [-0.39, 0.29) is 18.3 Å². The predicted molar refractivity (Wildman–Crippen MR) is 81.4 cm³/mol. The number of halogens is 1. The maximum atomic E-state index is 11.4. The zero-order valence-corrected chi connectivity index (χ0v) is 12.4. The van der Waals surface area contributed by atoms with Gasteiger partial charge in [-0.3, -0.25) is 9.48 Å². The topological polar surface area (TPSA) is 72.9 Å². The van der Waals surface area contributed by atoms with E-state index in [0.29, 0.717) is 6.54 Å². The molecule has 0 bridgehead atoms.